The fourth-order valence-electron chi connectivity index (χ4n) is 1.74. The number of carbonyl (C=O) groups excluding carboxylic acids is 1. The fourth-order valence-corrected chi connectivity index (χ4v) is 1.74. The molecular weight excluding hydrogens is 128 g/mol. The molecule has 10 heavy (non-hydrogen) atoms. The van der Waals surface area contributed by atoms with Crippen molar-refractivity contribution in [2.24, 2.45) is 5.41 Å². The maximum atomic E-state index is 10.6. The van der Waals surface area contributed by atoms with Gasteiger partial charge in [0.25, 0.3) is 0 Å². The molecular formula is C7H8N2O. The molecule has 3 nitrogen and oxygen atoms in total. The van der Waals surface area contributed by atoms with Gasteiger partial charge in [0.15, 0.2) is 0 Å². The molecule has 52 valence electrons. The Morgan fingerprint density at radius 1 is 1.70 bits per heavy atom. The lowest BCUT2D eigenvalue weighted by molar-refractivity contribution is -0.138. The van der Waals surface area contributed by atoms with Gasteiger partial charge in [0.1, 0.15) is 11.8 Å². The predicted molar refractivity (Wildman–Crippen MR) is 34.1 cm³/mol. The zero-order valence-corrected chi connectivity index (χ0v) is 5.55. The maximum Gasteiger partial charge on any atom is 0.134 e. The van der Waals surface area contributed by atoms with Gasteiger partial charge in [-0.1, -0.05) is 0 Å². The first-order valence-corrected chi connectivity index (χ1v) is 3.42. The summed E-state index contributed by atoms with van der Waals surface area (Å²) in [5.74, 6) is 0.307. The summed E-state index contributed by atoms with van der Waals surface area (Å²) in [5, 5.41) is 11.5. The Morgan fingerprint density at radius 2 is 2.40 bits per heavy atom. The van der Waals surface area contributed by atoms with Gasteiger partial charge < -0.3 is 5.32 Å². The van der Waals surface area contributed by atoms with Crippen LogP contribution in [0.25, 0.3) is 0 Å². The van der Waals surface area contributed by atoms with E-state index in [-0.39, 0.29) is 11.5 Å². The molecule has 2 rings (SSSR count). The minimum absolute atomic E-state index is 0.0507. The van der Waals surface area contributed by atoms with Crippen LogP contribution in [0, 0.1) is 16.7 Å². The van der Waals surface area contributed by atoms with E-state index in [0.717, 1.165) is 6.54 Å². The minimum Gasteiger partial charge on any atom is -0.301 e. The Morgan fingerprint density at radius 3 is 2.70 bits per heavy atom. The van der Waals surface area contributed by atoms with Gasteiger partial charge in [-0.15, -0.1) is 0 Å². The van der Waals surface area contributed by atoms with Crippen LogP contribution in [-0.2, 0) is 4.79 Å². The Kier molecular flexibility index (Phi) is 0.930. The lowest BCUT2D eigenvalue weighted by Gasteiger charge is -2.52. The van der Waals surface area contributed by atoms with Crippen LogP contribution >= 0.6 is 0 Å². The van der Waals surface area contributed by atoms with E-state index in [0.29, 0.717) is 18.6 Å². The number of carbonyl (C=O) groups is 1. The summed E-state index contributed by atoms with van der Waals surface area (Å²) in [4.78, 5) is 10.6. The molecule has 1 aliphatic carbocycles. The van der Waals surface area contributed by atoms with Gasteiger partial charge in [0, 0.05) is 24.8 Å². The smallest absolute Gasteiger partial charge is 0.134 e. The summed E-state index contributed by atoms with van der Waals surface area (Å²) in [6.45, 7) is 0.858. The highest BCUT2D eigenvalue weighted by molar-refractivity contribution is 5.87. The van der Waals surface area contributed by atoms with Gasteiger partial charge in [0.2, 0.25) is 0 Å². The van der Waals surface area contributed by atoms with Gasteiger partial charge in [0.05, 0.1) is 6.07 Å². The third kappa shape index (κ3) is 0.499. The Labute approximate surface area is 59.0 Å². The molecule has 0 aromatic heterocycles. The van der Waals surface area contributed by atoms with E-state index < -0.39 is 0 Å². The predicted octanol–water partition coefficient (Wildman–Crippen LogP) is -0.169. The van der Waals surface area contributed by atoms with Gasteiger partial charge in [-0.3, -0.25) is 4.79 Å². The molecule has 2 fully saturated rings. The molecule has 3 heteroatoms. The molecule has 0 radical (unpaired) electrons. The molecule has 1 atom stereocenters. The molecule has 0 bridgehead atoms. The molecule has 0 amide bonds. The van der Waals surface area contributed by atoms with Crippen molar-refractivity contribution in [1.29, 1.82) is 5.26 Å². The highest BCUT2D eigenvalue weighted by Crippen LogP contribution is 2.45. The number of hydrogen-bond donors (Lipinski definition) is 1. The maximum absolute atomic E-state index is 10.6. The van der Waals surface area contributed by atoms with Crippen molar-refractivity contribution in [1.82, 2.24) is 5.32 Å². The molecule has 0 aromatic carbocycles. The van der Waals surface area contributed by atoms with Crippen LogP contribution in [0.3, 0.4) is 0 Å². The number of nitrogens with one attached hydrogen (secondary N) is 1. The Hall–Kier alpha value is -0.880. The second kappa shape index (κ2) is 1.58. The standard InChI is InChI=1S/C7H8N2O/c8-3-6-7(4-9-6)1-5(10)2-7/h6,9H,1-2,4H2. The van der Waals surface area contributed by atoms with Gasteiger partial charge in [-0.25, -0.2) is 0 Å². The molecule has 1 saturated carbocycles. The monoisotopic (exact) mass is 136 g/mol. The first-order valence-electron chi connectivity index (χ1n) is 3.42. The molecule has 0 aromatic rings. The zero-order valence-electron chi connectivity index (χ0n) is 5.55. The lowest BCUT2D eigenvalue weighted by Crippen LogP contribution is -2.67. The Bertz CT molecular complexity index is 220. The highest BCUT2D eigenvalue weighted by Gasteiger charge is 2.55. The SMILES string of the molecule is N#CC1NCC12CC(=O)C2. The minimum atomic E-state index is -0.0507. The van der Waals surface area contributed by atoms with E-state index in [1.807, 2.05) is 0 Å². The van der Waals surface area contributed by atoms with Crippen LogP contribution in [0.15, 0.2) is 0 Å². The van der Waals surface area contributed by atoms with Crippen LogP contribution in [-0.4, -0.2) is 18.4 Å². The van der Waals surface area contributed by atoms with E-state index in [2.05, 4.69) is 11.4 Å². The lowest BCUT2D eigenvalue weighted by atomic mass is 9.59. The summed E-state index contributed by atoms with van der Waals surface area (Å²) in [7, 11) is 0. The van der Waals surface area contributed by atoms with Crippen LogP contribution in [0.4, 0.5) is 0 Å². The second-order valence-corrected chi connectivity index (χ2v) is 3.20. The number of rotatable bonds is 0. The number of Topliss-reactive ketones (excluding diaryl/α,β-unsaturated/α-hetero) is 1. The van der Waals surface area contributed by atoms with Gasteiger partial charge >= 0.3 is 0 Å². The van der Waals surface area contributed by atoms with Gasteiger partial charge in [-0.05, 0) is 0 Å². The van der Waals surface area contributed by atoms with E-state index in [1.54, 1.807) is 0 Å². The third-order valence-electron chi connectivity index (χ3n) is 2.50. The average molecular weight is 136 g/mol. The summed E-state index contributed by atoms with van der Waals surface area (Å²) < 4.78 is 0. The van der Waals surface area contributed by atoms with Crippen LogP contribution in [0.2, 0.25) is 0 Å². The van der Waals surface area contributed by atoms with Crippen molar-refractivity contribution in [3.05, 3.63) is 0 Å². The summed E-state index contributed by atoms with van der Waals surface area (Å²) in [6, 6.07) is 2.10. The number of nitriles is 1. The van der Waals surface area contributed by atoms with Crippen molar-refractivity contribution in [3.8, 4) is 6.07 Å². The second-order valence-electron chi connectivity index (χ2n) is 3.20. The Balaban J connectivity index is 2.08. The molecule has 2 aliphatic rings. The molecule has 1 spiro atoms. The van der Waals surface area contributed by atoms with Crippen molar-refractivity contribution < 1.29 is 4.79 Å². The number of ketones is 1. The van der Waals surface area contributed by atoms with E-state index >= 15 is 0 Å². The highest BCUT2D eigenvalue weighted by atomic mass is 16.1. The largest absolute Gasteiger partial charge is 0.301 e. The molecule has 1 aliphatic heterocycles. The topological polar surface area (TPSA) is 52.9 Å². The van der Waals surface area contributed by atoms with Crippen molar-refractivity contribution in [3.63, 3.8) is 0 Å². The molecule has 1 heterocycles. The van der Waals surface area contributed by atoms with Crippen LogP contribution in [0.1, 0.15) is 12.8 Å². The summed E-state index contributed by atoms with van der Waals surface area (Å²) >= 11 is 0. The first-order chi connectivity index (χ1) is 4.77. The van der Waals surface area contributed by atoms with E-state index in [4.69, 9.17) is 5.26 Å². The molecule has 1 N–H and O–H groups in total. The van der Waals surface area contributed by atoms with Gasteiger partial charge in [-0.2, -0.15) is 5.26 Å². The normalized spacial score (nSPS) is 34.3. The first kappa shape index (κ1) is 5.87. The van der Waals surface area contributed by atoms with Crippen molar-refractivity contribution in [2.45, 2.75) is 18.9 Å². The van der Waals surface area contributed by atoms with Crippen LogP contribution in [0.5, 0.6) is 0 Å². The van der Waals surface area contributed by atoms with Crippen molar-refractivity contribution in [2.75, 3.05) is 6.54 Å². The molecule has 1 saturated heterocycles. The third-order valence-corrected chi connectivity index (χ3v) is 2.50. The summed E-state index contributed by atoms with van der Waals surface area (Å²) in [5.41, 5.74) is 0.0613. The van der Waals surface area contributed by atoms with E-state index in [9.17, 15) is 4.79 Å². The van der Waals surface area contributed by atoms with E-state index in [1.165, 1.54) is 0 Å². The van der Waals surface area contributed by atoms with Crippen LogP contribution < -0.4 is 5.32 Å². The molecule has 1 unspecified atom stereocenters. The number of nitrogens with zero attached hydrogens (tertiary/aromatic N) is 1. The quantitative estimate of drug-likeness (QED) is 0.503. The number of hydrogen-bond acceptors (Lipinski definition) is 3. The fraction of sp³-hybridized carbons (Fsp3) is 0.714. The van der Waals surface area contributed by atoms with Crippen molar-refractivity contribution >= 4 is 5.78 Å². The average Bonchev–Trinajstić information content (AvgIpc) is 1.79. The zero-order chi connectivity index (χ0) is 7.19. The summed E-state index contributed by atoms with van der Waals surface area (Å²) in [6.07, 6.45) is 1.25.